The average Bonchev–Trinajstić information content (AvgIpc) is 2.79. The van der Waals surface area contributed by atoms with Crippen molar-refractivity contribution >= 4 is 11.9 Å². The Kier molecular flexibility index (Phi) is 9.57. The van der Waals surface area contributed by atoms with E-state index in [1.165, 1.54) is 11.1 Å². The smallest absolute Gasteiger partial charge is 0.335 e. The van der Waals surface area contributed by atoms with Gasteiger partial charge in [-0.05, 0) is 64.5 Å². The Morgan fingerprint density at radius 3 is 1.34 bits per heavy atom. The Hall–Kier alpha value is -3.02. The van der Waals surface area contributed by atoms with Crippen molar-refractivity contribution in [2.24, 2.45) is 10.2 Å². The van der Waals surface area contributed by atoms with Crippen LogP contribution < -0.4 is 0 Å². The Labute approximate surface area is 191 Å². The molecule has 0 saturated carbocycles. The number of benzene rings is 2. The van der Waals surface area contributed by atoms with Gasteiger partial charge in [0.15, 0.2) is 11.1 Å². The lowest BCUT2D eigenvalue weighted by Gasteiger charge is -2.21. The largest absolute Gasteiger partial charge is 0.464 e. The third kappa shape index (κ3) is 8.61. The van der Waals surface area contributed by atoms with Gasteiger partial charge >= 0.3 is 11.9 Å². The van der Waals surface area contributed by atoms with Crippen LogP contribution in [0.15, 0.2) is 70.9 Å². The number of hydrogen-bond acceptors (Lipinski definition) is 6. The molecular formula is C26H34N2O4. The van der Waals surface area contributed by atoms with Crippen LogP contribution in [0.5, 0.6) is 0 Å². The van der Waals surface area contributed by atoms with Crippen LogP contribution in [0.25, 0.3) is 0 Å². The fraction of sp³-hybridized carbons (Fsp3) is 0.462. The summed E-state index contributed by atoms with van der Waals surface area (Å²) in [6.45, 7) is 7.10. The molecule has 0 fully saturated rings. The average molecular weight is 439 g/mol. The van der Waals surface area contributed by atoms with E-state index in [4.69, 9.17) is 9.47 Å². The summed E-state index contributed by atoms with van der Waals surface area (Å²) in [6, 6.07) is 20.1. The number of hydrogen-bond donors (Lipinski definition) is 0. The molecule has 2 rings (SSSR count). The summed E-state index contributed by atoms with van der Waals surface area (Å²) in [7, 11) is 0. The molecule has 0 atom stereocenters. The Morgan fingerprint density at radius 1 is 0.656 bits per heavy atom. The predicted octanol–water partition coefficient (Wildman–Crippen LogP) is 5.35. The minimum atomic E-state index is -1.18. The summed E-state index contributed by atoms with van der Waals surface area (Å²) in [5.74, 6) is -0.942. The van der Waals surface area contributed by atoms with Crippen LogP contribution in [0.3, 0.4) is 0 Å². The van der Waals surface area contributed by atoms with E-state index >= 15 is 0 Å². The van der Waals surface area contributed by atoms with E-state index in [1.807, 2.05) is 60.7 Å². The van der Waals surface area contributed by atoms with Gasteiger partial charge < -0.3 is 9.47 Å². The SMILES string of the molecule is CC(C)(N=NC(C)(C)C(=O)OCCCc1ccccc1)C(=O)OCCCc1ccccc1. The monoisotopic (exact) mass is 438 g/mol. The van der Waals surface area contributed by atoms with Crippen LogP contribution in [0.4, 0.5) is 0 Å². The Bertz CT molecular complexity index is 804. The Morgan fingerprint density at radius 2 is 1.00 bits per heavy atom. The zero-order valence-electron chi connectivity index (χ0n) is 19.5. The van der Waals surface area contributed by atoms with E-state index < -0.39 is 23.0 Å². The summed E-state index contributed by atoms with van der Waals surface area (Å²) in [5.41, 5.74) is 0.0351. The summed E-state index contributed by atoms with van der Waals surface area (Å²) in [5, 5.41) is 8.22. The quantitative estimate of drug-likeness (QED) is 0.254. The van der Waals surface area contributed by atoms with Gasteiger partial charge in [0, 0.05) is 0 Å². The summed E-state index contributed by atoms with van der Waals surface area (Å²) in [6.07, 6.45) is 3.12. The minimum Gasteiger partial charge on any atom is -0.464 e. The summed E-state index contributed by atoms with van der Waals surface area (Å²) in [4.78, 5) is 24.8. The molecule has 0 radical (unpaired) electrons. The molecular weight excluding hydrogens is 404 g/mol. The van der Waals surface area contributed by atoms with Crippen LogP contribution >= 0.6 is 0 Å². The van der Waals surface area contributed by atoms with Crippen molar-refractivity contribution < 1.29 is 19.1 Å². The number of carbonyl (C=O) groups excluding carboxylic acids is 2. The molecule has 0 aliphatic rings. The maximum absolute atomic E-state index is 12.4. The number of azo groups is 1. The Balaban J connectivity index is 1.74. The summed E-state index contributed by atoms with van der Waals surface area (Å²) >= 11 is 0. The van der Waals surface area contributed by atoms with Gasteiger partial charge in [0.1, 0.15) is 0 Å². The first-order valence-corrected chi connectivity index (χ1v) is 11.1. The van der Waals surface area contributed by atoms with Gasteiger partial charge in [-0.1, -0.05) is 60.7 Å². The number of ether oxygens (including phenoxy) is 2. The van der Waals surface area contributed by atoms with Crippen molar-refractivity contribution in [1.29, 1.82) is 0 Å². The first kappa shape index (κ1) is 25.2. The number of esters is 2. The van der Waals surface area contributed by atoms with Crippen molar-refractivity contribution in [1.82, 2.24) is 0 Å². The molecule has 6 heteroatoms. The van der Waals surface area contributed by atoms with Gasteiger partial charge in [-0.25, -0.2) is 9.59 Å². The second kappa shape index (κ2) is 12.1. The molecule has 0 bridgehead atoms. The highest BCUT2D eigenvalue weighted by molar-refractivity contribution is 5.81. The van der Waals surface area contributed by atoms with E-state index in [2.05, 4.69) is 10.2 Å². The van der Waals surface area contributed by atoms with E-state index in [-0.39, 0.29) is 0 Å². The number of aryl methyl sites for hydroxylation is 2. The van der Waals surface area contributed by atoms with Crippen molar-refractivity contribution in [3.63, 3.8) is 0 Å². The molecule has 0 aliphatic heterocycles. The molecule has 0 amide bonds. The number of nitrogens with zero attached hydrogens (tertiary/aromatic N) is 2. The molecule has 0 aromatic heterocycles. The van der Waals surface area contributed by atoms with Crippen LogP contribution in [-0.4, -0.2) is 36.2 Å². The number of rotatable bonds is 12. The third-order valence-corrected chi connectivity index (χ3v) is 4.92. The topological polar surface area (TPSA) is 77.3 Å². The molecule has 0 unspecified atom stereocenters. The molecule has 2 aromatic carbocycles. The molecule has 32 heavy (non-hydrogen) atoms. The fourth-order valence-electron chi connectivity index (χ4n) is 2.86. The number of carbonyl (C=O) groups is 2. The second-order valence-electron chi connectivity index (χ2n) is 8.77. The maximum atomic E-state index is 12.4. The second-order valence-corrected chi connectivity index (χ2v) is 8.77. The predicted molar refractivity (Wildman–Crippen MR) is 124 cm³/mol. The summed E-state index contributed by atoms with van der Waals surface area (Å²) < 4.78 is 10.7. The maximum Gasteiger partial charge on any atom is 0.335 e. The highest BCUT2D eigenvalue weighted by Gasteiger charge is 2.34. The first-order chi connectivity index (χ1) is 15.2. The lowest BCUT2D eigenvalue weighted by Crippen LogP contribution is -2.35. The highest BCUT2D eigenvalue weighted by Crippen LogP contribution is 2.19. The molecule has 0 N–H and O–H groups in total. The normalized spacial score (nSPS) is 12.0. The lowest BCUT2D eigenvalue weighted by molar-refractivity contribution is -0.151. The third-order valence-electron chi connectivity index (χ3n) is 4.92. The molecule has 0 spiro atoms. The molecule has 2 aromatic rings. The van der Waals surface area contributed by atoms with Gasteiger partial charge in [0.25, 0.3) is 0 Å². The fourth-order valence-corrected chi connectivity index (χ4v) is 2.86. The van der Waals surface area contributed by atoms with E-state index in [0.717, 1.165) is 25.7 Å². The van der Waals surface area contributed by atoms with Gasteiger partial charge in [-0.2, -0.15) is 10.2 Å². The minimum absolute atomic E-state index is 0.305. The van der Waals surface area contributed by atoms with E-state index in [9.17, 15) is 9.59 Å². The van der Waals surface area contributed by atoms with Crippen molar-refractivity contribution in [3.8, 4) is 0 Å². The van der Waals surface area contributed by atoms with Gasteiger partial charge in [0.05, 0.1) is 13.2 Å². The van der Waals surface area contributed by atoms with E-state index in [1.54, 1.807) is 27.7 Å². The van der Waals surface area contributed by atoms with Gasteiger partial charge in [0.2, 0.25) is 0 Å². The zero-order chi connectivity index (χ0) is 23.5. The molecule has 0 heterocycles. The van der Waals surface area contributed by atoms with Crippen molar-refractivity contribution in [3.05, 3.63) is 71.8 Å². The van der Waals surface area contributed by atoms with E-state index in [0.29, 0.717) is 13.2 Å². The van der Waals surface area contributed by atoms with Gasteiger partial charge in [-0.3, -0.25) is 0 Å². The van der Waals surface area contributed by atoms with Gasteiger partial charge in [-0.15, -0.1) is 0 Å². The van der Waals surface area contributed by atoms with Crippen LogP contribution in [-0.2, 0) is 31.9 Å². The zero-order valence-corrected chi connectivity index (χ0v) is 19.5. The first-order valence-electron chi connectivity index (χ1n) is 11.1. The van der Waals surface area contributed by atoms with Crippen molar-refractivity contribution in [2.75, 3.05) is 13.2 Å². The highest BCUT2D eigenvalue weighted by atomic mass is 16.5. The standard InChI is InChI=1S/C26H34N2O4/c1-25(2,23(29)31-19-11-17-21-13-7-5-8-14-21)27-28-26(3,4)24(30)32-20-12-18-22-15-9-6-10-16-22/h5-10,13-16H,11-12,17-20H2,1-4H3. The molecule has 6 nitrogen and oxygen atoms in total. The molecule has 172 valence electrons. The van der Waals surface area contributed by atoms with Crippen LogP contribution in [0.1, 0.15) is 51.7 Å². The lowest BCUT2D eigenvalue weighted by atomic mass is 10.1. The van der Waals surface area contributed by atoms with Crippen LogP contribution in [0.2, 0.25) is 0 Å². The van der Waals surface area contributed by atoms with Crippen molar-refractivity contribution in [2.45, 2.75) is 64.5 Å². The molecule has 0 saturated heterocycles. The molecule has 0 aliphatic carbocycles. The van der Waals surface area contributed by atoms with Crippen LogP contribution in [0, 0.1) is 0 Å².